The van der Waals surface area contributed by atoms with Gasteiger partial charge in [0.1, 0.15) is 6.10 Å². The highest BCUT2D eigenvalue weighted by molar-refractivity contribution is 7.12. The van der Waals surface area contributed by atoms with Gasteiger partial charge in [0.25, 0.3) is 0 Å². The van der Waals surface area contributed by atoms with E-state index >= 15 is 0 Å². The Morgan fingerprint density at radius 3 is 2.46 bits per heavy atom. The molecule has 35 heavy (non-hydrogen) atoms. The van der Waals surface area contributed by atoms with Crippen LogP contribution in [-0.2, 0) is 21.6 Å². The van der Waals surface area contributed by atoms with Crippen molar-refractivity contribution in [2.24, 2.45) is 11.8 Å². The van der Waals surface area contributed by atoms with Crippen molar-refractivity contribution < 1.29 is 19.1 Å². The summed E-state index contributed by atoms with van der Waals surface area (Å²) < 4.78 is 7.07. The molecule has 4 atom stereocenters. The summed E-state index contributed by atoms with van der Waals surface area (Å²) in [5.41, 5.74) is -0.715. The average molecular weight is 530 g/mol. The molecule has 2 fully saturated rings. The zero-order valence-corrected chi connectivity index (χ0v) is 22.6. The second-order valence-corrected chi connectivity index (χ2v) is 12.9. The smallest absolute Gasteiger partial charge is 0.306 e. The zero-order chi connectivity index (χ0) is 24.6. The molecule has 2 aliphatic carbocycles. The van der Waals surface area contributed by atoms with Crippen molar-refractivity contribution in [2.45, 2.75) is 49.9 Å². The molecule has 0 amide bonds. The van der Waals surface area contributed by atoms with Gasteiger partial charge in [-0.1, -0.05) is 35.9 Å². The minimum absolute atomic E-state index is 0.161. The van der Waals surface area contributed by atoms with Crippen LogP contribution in [0.15, 0.2) is 59.3 Å². The molecule has 2 saturated carbocycles. The second kappa shape index (κ2) is 9.98. The molecule has 3 unspecified atom stereocenters. The number of quaternary nitrogens is 1. The van der Waals surface area contributed by atoms with Gasteiger partial charge in [-0.2, -0.15) is 0 Å². The maximum atomic E-state index is 14.1. The third kappa shape index (κ3) is 4.84. The SMILES string of the molecule is C[N+](C)(CCCc1cccc(Cl)c1)[C@H]1CC2CCC1C2OC(=O)C([O-])(c1cccs1)c1cccs1. The summed E-state index contributed by atoms with van der Waals surface area (Å²) in [6.45, 7) is 1.05. The second-order valence-electron chi connectivity index (χ2n) is 10.5. The largest absolute Gasteiger partial charge is 0.833 e. The molecule has 0 spiro atoms. The van der Waals surface area contributed by atoms with E-state index in [1.54, 1.807) is 12.1 Å². The monoisotopic (exact) mass is 529 g/mol. The highest BCUT2D eigenvalue weighted by atomic mass is 35.5. The van der Waals surface area contributed by atoms with Crippen molar-refractivity contribution in [3.63, 3.8) is 0 Å². The van der Waals surface area contributed by atoms with Crippen LogP contribution in [0, 0.1) is 11.8 Å². The topological polar surface area (TPSA) is 49.4 Å². The number of hydrogen-bond acceptors (Lipinski definition) is 5. The van der Waals surface area contributed by atoms with Crippen molar-refractivity contribution in [1.82, 2.24) is 0 Å². The summed E-state index contributed by atoms with van der Waals surface area (Å²) in [6.07, 6.45) is 5.11. The van der Waals surface area contributed by atoms with Gasteiger partial charge in [0.2, 0.25) is 0 Å². The number of esters is 1. The Bertz CT molecular complexity index is 1110. The maximum Gasteiger partial charge on any atom is 0.306 e. The number of carbonyl (C=O) groups excluding carboxylic acids is 1. The first-order valence-electron chi connectivity index (χ1n) is 12.4. The minimum atomic E-state index is -1.98. The highest BCUT2D eigenvalue weighted by Gasteiger charge is 2.56. The van der Waals surface area contributed by atoms with E-state index in [1.807, 2.05) is 41.1 Å². The fourth-order valence-electron chi connectivity index (χ4n) is 6.26. The number of fused-ring (bicyclic) bond motifs is 2. The molecule has 4 nitrogen and oxygen atoms in total. The number of nitrogens with zero attached hydrogens (tertiary/aromatic N) is 1. The zero-order valence-electron chi connectivity index (χ0n) is 20.2. The van der Waals surface area contributed by atoms with Gasteiger partial charge >= 0.3 is 5.97 Å². The summed E-state index contributed by atoms with van der Waals surface area (Å²) in [7, 11) is 4.61. The molecule has 2 bridgehead atoms. The lowest BCUT2D eigenvalue weighted by Gasteiger charge is -2.41. The van der Waals surface area contributed by atoms with E-state index < -0.39 is 11.6 Å². The van der Waals surface area contributed by atoms with E-state index in [0.717, 1.165) is 48.2 Å². The number of ether oxygens (including phenoxy) is 1. The van der Waals surface area contributed by atoms with Crippen molar-refractivity contribution in [2.75, 3.05) is 20.6 Å². The number of thiophene rings is 2. The first kappa shape index (κ1) is 25.0. The molecular weight excluding hydrogens is 498 g/mol. The predicted molar refractivity (Wildman–Crippen MR) is 141 cm³/mol. The lowest BCUT2D eigenvalue weighted by Crippen LogP contribution is -2.53. The molecular formula is C28H32ClNO3S2. The number of benzene rings is 1. The summed E-state index contributed by atoms with van der Waals surface area (Å²) in [5, 5.41) is 18.5. The van der Waals surface area contributed by atoms with Crippen LogP contribution in [0.3, 0.4) is 0 Å². The van der Waals surface area contributed by atoms with Crippen LogP contribution in [-0.4, -0.2) is 43.2 Å². The summed E-state index contributed by atoms with van der Waals surface area (Å²) in [4.78, 5) is 14.5. The van der Waals surface area contributed by atoms with Crippen molar-refractivity contribution in [3.05, 3.63) is 79.6 Å². The summed E-state index contributed by atoms with van der Waals surface area (Å²) >= 11 is 8.80. The molecule has 3 aromatic rings. The van der Waals surface area contributed by atoms with Crippen LogP contribution in [0.2, 0.25) is 5.02 Å². The third-order valence-electron chi connectivity index (χ3n) is 8.05. The fraction of sp³-hybridized carbons (Fsp3) is 0.464. The van der Waals surface area contributed by atoms with Crippen LogP contribution in [0.25, 0.3) is 0 Å². The van der Waals surface area contributed by atoms with E-state index in [-0.39, 0.29) is 6.10 Å². The number of aryl methyl sites for hydroxylation is 1. The quantitative estimate of drug-likeness (QED) is 0.272. The Kier molecular flexibility index (Phi) is 7.12. The number of carbonyl (C=O) groups is 1. The van der Waals surface area contributed by atoms with Crippen LogP contribution >= 0.6 is 34.3 Å². The highest BCUT2D eigenvalue weighted by Crippen LogP contribution is 2.50. The van der Waals surface area contributed by atoms with Gasteiger partial charge in [0.05, 0.1) is 32.3 Å². The first-order valence-corrected chi connectivity index (χ1v) is 14.5. The average Bonchev–Trinajstić information content (AvgIpc) is 3.64. The Morgan fingerprint density at radius 2 is 1.83 bits per heavy atom. The molecule has 2 aliphatic rings. The van der Waals surface area contributed by atoms with Crippen LogP contribution in [0.1, 0.15) is 41.0 Å². The van der Waals surface area contributed by atoms with Crippen molar-refractivity contribution in [1.29, 1.82) is 0 Å². The van der Waals surface area contributed by atoms with E-state index in [9.17, 15) is 9.90 Å². The summed E-state index contributed by atoms with van der Waals surface area (Å²) in [6, 6.07) is 15.7. The number of rotatable bonds is 9. The minimum Gasteiger partial charge on any atom is -0.833 e. The van der Waals surface area contributed by atoms with Crippen molar-refractivity contribution in [3.8, 4) is 0 Å². The number of hydrogen-bond donors (Lipinski definition) is 0. The number of halogens is 1. The van der Waals surface area contributed by atoms with Crippen LogP contribution < -0.4 is 5.11 Å². The van der Waals surface area contributed by atoms with Crippen LogP contribution in [0.5, 0.6) is 0 Å². The van der Waals surface area contributed by atoms with Gasteiger partial charge in [-0.05, 0) is 59.9 Å². The normalized spacial score (nSPS) is 24.1. The Morgan fingerprint density at radius 1 is 1.11 bits per heavy atom. The standard InChI is InChI=1S/C28H32ClNO3S2/c1-30(2,14-4-8-19-7-3-9-21(29)17-19)23-18-20-12-13-22(23)26(20)33-27(31)28(32,24-10-5-15-34-24)25-11-6-16-35-25/h3,5-7,9-11,15-17,20,22-23,26H,4,8,12-14,18H2,1-2H3/t20?,22?,23-,26?/m0/s1. The van der Waals surface area contributed by atoms with E-state index in [1.165, 1.54) is 28.2 Å². The lowest BCUT2D eigenvalue weighted by molar-refractivity contribution is -0.918. The van der Waals surface area contributed by atoms with Crippen molar-refractivity contribution >= 4 is 40.2 Å². The molecule has 0 saturated heterocycles. The Labute approximate surface area is 220 Å². The lowest BCUT2D eigenvalue weighted by atomic mass is 9.92. The molecule has 0 radical (unpaired) electrons. The fourth-order valence-corrected chi connectivity index (χ4v) is 8.17. The molecule has 186 valence electrons. The van der Waals surface area contributed by atoms with Gasteiger partial charge in [0, 0.05) is 39.5 Å². The van der Waals surface area contributed by atoms with Gasteiger partial charge < -0.3 is 14.3 Å². The van der Waals surface area contributed by atoms with E-state index in [4.69, 9.17) is 16.3 Å². The van der Waals surface area contributed by atoms with Gasteiger partial charge in [0.15, 0.2) is 0 Å². The van der Waals surface area contributed by atoms with Crippen LogP contribution in [0.4, 0.5) is 0 Å². The molecule has 0 N–H and O–H groups in total. The van der Waals surface area contributed by atoms with Gasteiger partial charge in [-0.3, -0.25) is 4.79 Å². The molecule has 2 heterocycles. The molecule has 5 rings (SSSR count). The summed E-state index contributed by atoms with van der Waals surface area (Å²) in [5.74, 6) is 0.00690. The molecule has 0 aliphatic heterocycles. The van der Waals surface area contributed by atoms with Gasteiger partial charge in [-0.15, -0.1) is 22.7 Å². The Hall–Kier alpha value is -1.70. The molecule has 7 heteroatoms. The van der Waals surface area contributed by atoms with E-state index in [2.05, 4.69) is 20.2 Å². The van der Waals surface area contributed by atoms with E-state index in [0.29, 0.717) is 27.6 Å². The first-order chi connectivity index (χ1) is 16.8. The maximum absolute atomic E-state index is 14.1. The third-order valence-corrected chi connectivity index (χ3v) is 10.2. The predicted octanol–water partition coefficient (Wildman–Crippen LogP) is 5.49. The Balaban J connectivity index is 1.27. The molecule has 2 aromatic heterocycles. The van der Waals surface area contributed by atoms with Gasteiger partial charge in [-0.25, -0.2) is 0 Å². The molecule has 1 aromatic carbocycles.